The lowest BCUT2D eigenvalue weighted by Gasteiger charge is -2.42. The largest absolute Gasteiger partial charge is 0.430 e. The van der Waals surface area contributed by atoms with E-state index in [0.29, 0.717) is 48.4 Å². The summed E-state index contributed by atoms with van der Waals surface area (Å²) in [5, 5.41) is 11.1. The molecule has 0 aliphatic carbocycles. The van der Waals surface area contributed by atoms with Gasteiger partial charge in [0, 0.05) is 64.7 Å². The highest BCUT2D eigenvalue weighted by atomic mass is 35.5. The molecular weight excluding hydrogens is 571 g/mol. The first-order chi connectivity index (χ1) is 20.0. The van der Waals surface area contributed by atoms with Crippen molar-refractivity contribution >= 4 is 29.1 Å². The summed E-state index contributed by atoms with van der Waals surface area (Å²) < 4.78 is 47.0. The molecule has 2 heterocycles. The number of piperidine rings is 2. The highest BCUT2D eigenvalue weighted by Gasteiger charge is 2.62. The number of rotatable bonds is 9. The van der Waals surface area contributed by atoms with Gasteiger partial charge in [-0.1, -0.05) is 41.9 Å². The van der Waals surface area contributed by atoms with Crippen LogP contribution in [-0.4, -0.2) is 86.4 Å². The van der Waals surface area contributed by atoms with Gasteiger partial charge in [0.05, 0.1) is 10.6 Å². The number of carbonyl (C=O) groups is 2. The van der Waals surface area contributed by atoms with Crippen molar-refractivity contribution in [1.82, 2.24) is 9.80 Å². The fourth-order valence-corrected chi connectivity index (χ4v) is 6.40. The Kier molecular flexibility index (Phi) is 10.4. The Morgan fingerprint density at radius 3 is 2.14 bits per heavy atom. The highest BCUT2D eigenvalue weighted by molar-refractivity contribution is 6.34. The standard InChI is InChI=1S/C31H39ClF3N3O4/c1-36(15-6-20-42-2)28(39)26-10-9-25(21-27(26)32)37-16-11-22(12-17-37)23-13-18-38(19-14-23)29(40)30(41,31(33,34)35)24-7-4-3-5-8-24/h3-5,7-10,21-23,41H,6,11-20H2,1-2H3/t30-/m1/s1. The van der Waals surface area contributed by atoms with Gasteiger partial charge in [-0.25, -0.2) is 0 Å². The van der Waals surface area contributed by atoms with Crippen molar-refractivity contribution in [2.24, 2.45) is 11.8 Å². The normalized spacial score (nSPS) is 18.5. The average molecular weight is 610 g/mol. The van der Waals surface area contributed by atoms with Crippen molar-refractivity contribution in [2.45, 2.75) is 43.9 Å². The van der Waals surface area contributed by atoms with Crippen LogP contribution in [0.4, 0.5) is 18.9 Å². The minimum atomic E-state index is -5.14. The quantitative estimate of drug-likeness (QED) is 0.388. The maximum absolute atomic E-state index is 14.0. The number of hydrogen-bond donors (Lipinski definition) is 1. The van der Waals surface area contributed by atoms with Crippen LogP contribution in [0.15, 0.2) is 48.5 Å². The van der Waals surface area contributed by atoms with Crippen molar-refractivity contribution in [3.63, 3.8) is 0 Å². The lowest BCUT2D eigenvalue weighted by atomic mass is 9.78. The number of hydrogen-bond acceptors (Lipinski definition) is 5. The summed E-state index contributed by atoms with van der Waals surface area (Å²) in [6.45, 7) is 3.10. The minimum Gasteiger partial charge on any atom is -0.385 e. The van der Waals surface area contributed by atoms with Gasteiger partial charge >= 0.3 is 6.18 Å². The molecule has 0 saturated carbocycles. The molecule has 11 heteroatoms. The summed E-state index contributed by atoms with van der Waals surface area (Å²) in [6.07, 6.45) is -1.38. The van der Waals surface area contributed by atoms with Gasteiger partial charge in [-0.05, 0) is 62.1 Å². The molecule has 0 spiro atoms. The number of carbonyl (C=O) groups excluding carboxylic acids is 2. The number of nitrogens with zero attached hydrogens (tertiary/aromatic N) is 3. The zero-order valence-electron chi connectivity index (χ0n) is 24.1. The van der Waals surface area contributed by atoms with Crippen LogP contribution < -0.4 is 4.90 Å². The van der Waals surface area contributed by atoms with Crippen LogP contribution in [0.2, 0.25) is 5.02 Å². The van der Waals surface area contributed by atoms with E-state index in [1.54, 1.807) is 25.1 Å². The van der Waals surface area contributed by atoms with Crippen molar-refractivity contribution < 1.29 is 32.6 Å². The van der Waals surface area contributed by atoms with Gasteiger partial charge in [0.15, 0.2) is 0 Å². The van der Waals surface area contributed by atoms with E-state index in [2.05, 4.69) is 4.90 Å². The Balaban J connectivity index is 1.31. The van der Waals surface area contributed by atoms with Crippen molar-refractivity contribution in [2.75, 3.05) is 58.4 Å². The van der Waals surface area contributed by atoms with Gasteiger partial charge in [-0.15, -0.1) is 0 Å². The van der Waals surface area contributed by atoms with E-state index in [9.17, 15) is 27.9 Å². The molecule has 0 radical (unpaired) electrons. The van der Waals surface area contributed by atoms with Crippen molar-refractivity contribution in [3.8, 4) is 0 Å². The summed E-state index contributed by atoms with van der Waals surface area (Å²) in [5.74, 6) is -0.756. The molecule has 42 heavy (non-hydrogen) atoms. The summed E-state index contributed by atoms with van der Waals surface area (Å²) in [7, 11) is 3.37. The Hall–Kier alpha value is -2.82. The monoisotopic (exact) mass is 609 g/mol. The molecule has 2 amide bonds. The van der Waals surface area contributed by atoms with Crippen LogP contribution in [0, 0.1) is 11.8 Å². The number of halogens is 4. The number of ether oxygens (including phenoxy) is 1. The molecule has 0 unspecified atom stereocenters. The molecule has 7 nitrogen and oxygen atoms in total. The average Bonchev–Trinajstić information content (AvgIpc) is 3.00. The Morgan fingerprint density at radius 2 is 1.60 bits per heavy atom. The van der Waals surface area contributed by atoms with Gasteiger partial charge in [0.25, 0.3) is 17.4 Å². The molecule has 0 bridgehead atoms. The van der Waals surface area contributed by atoms with Crippen LogP contribution in [0.25, 0.3) is 0 Å². The second kappa shape index (κ2) is 13.7. The van der Waals surface area contributed by atoms with Crippen molar-refractivity contribution in [1.29, 1.82) is 0 Å². The first-order valence-corrected chi connectivity index (χ1v) is 14.8. The number of benzene rings is 2. The topological polar surface area (TPSA) is 73.3 Å². The van der Waals surface area contributed by atoms with Gasteiger partial charge < -0.3 is 24.5 Å². The van der Waals surface area contributed by atoms with Crippen LogP contribution in [0.3, 0.4) is 0 Å². The van der Waals surface area contributed by atoms with E-state index in [1.165, 1.54) is 18.2 Å². The summed E-state index contributed by atoms with van der Waals surface area (Å²) >= 11 is 6.52. The molecule has 2 aliphatic rings. The number of alkyl halides is 3. The lowest BCUT2D eigenvalue weighted by molar-refractivity contribution is -0.262. The fraction of sp³-hybridized carbons (Fsp3) is 0.548. The van der Waals surface area contributed by atoms with Crippen molar-refractivity contribution in [3.05, 3.63) is 64.7 Å². The third-order valence-corrected chi connectivity index (χ3v) is 8.99. The predicted molar refractivity (Wildman–Crippen MR) is 156 cm³/mol. The lowest BCUT2D eigenvalue weighted by Crippen LogP contribution is -2.57. The SMILES string of the molecule is COCCCN(C)C(=O)c1ccc(N2CCC(C3CCN(C(=O)[C@](O)(c4ccccc4)C(F)(F)F)CC3)CC2)cc1Cl. The number of anilines is 1. The molecular formula is C31H39ClF3N3O4. The van der Waals surface area contributed by atoms with Crippen LogP contribution >= 0.6 is 11.6 Å². The number of methoxy groups -OCH3 is 1. The molecule has 230 valence electrons. The summed E-state index contributed by atoms with van der Waals surface area (Å²) in [5.41, 5.74) is -2.62. The maximum atomic E-state index is 14.0. The van der Waals surface area contributed by atoms with Crippen LogP contribution in [0.5, 0.6) is 0 Å². The Morgan fingerprint density at radius 1 is 1.00 bits per heavy atom. The van der Waals surface area contributed by atoms with E-state index in [4.69, 9.17) is 16.3 Å². The highest BCUT2D eigenvalue weighted by Crippen LogP contribution is 2.42. The third kappa shape index (κ3) is 6.87. The first kappa shape index (κ1) is 32.1. The molecule has 0 aromatic heterocycles. The number of aliphatic hydroxyl groups is 1. The summed E-state index contributed by atoms with van der Waals surface area (Å²) in [6, 6.07) is 12.1. The Bertz CT molecular complexity index is 1220. The summed E-state index contributed by atoms with van der Waals surface area (Å²) in [4.78, 5) is 30.9. The number of likely N-dealkylation sites (tertiary alicyclic amines) is 1. The van der Waals surface area contributed by atoms with E-state index in [0.717, 1.165) is 55.1 Å². The van der Waals surface area contributed by atoms with Gasteiger partial charge in [-0.2, -0.15) is 13.2 Å². The molecule has 1 N–H and O–H groups in total. The van der Waals surface area contributed by atoms with E-state index >= 15 is 0 Å². The van der Waals surface area contributed by atoms with Gasteiger partial charge in [0.1, 0.15) is 0 Å². The van der Waals surface area contributed by atoms with E-state index < -0.39 is 23.2 Å². The zero-order valence-corrected chi connectivity index (χ0v) is 24.8. The van der Waals surface area contributed by atoms with E-state index in [-0.39, 0.29) is 19.0 Å². The molecule has 1 atom stereocenters. The molecule has 2 aromatic carbocycles. The van der Waals surface area contributed by atoms with Crippen LogP contribution in [0.1, 0.15) is 48.0 Å². The molecule has 2 aliphatic heterocycles. The van der Waals surface area contributed by atoms with Gasteiger partial charge in [-0.3, -0.25) is 9.59 Å². The predicted octanol–water partition coefficient (Wildman–Crippen LogP) is 5.35. The molecule has 2 saturated heterocycles. The Labute approximate surface area is 250 Å². The first-order valence-electron chi connectivity index (χ1n) is 14.4. The second-order valence-corrected chi connectivity index (χ2v) is 11.7. The molecule has 4 rings (SSSR count). The minimum absolute atomic E-state index is 0.136. The molecule has 2 fully saturated rings. The van der Waals surface area contributed by atoms with Gasteiger partial charge in [0.2, 0.25) is 0 Å². The van der Waals surface area contributed by atoms with E-state index in [1.807, 2.05) is 12.1 Å². The third-order valence-electron chi connectivity index (χ3n) is 8.68. The van der Waals surface area contributed by atoms with Crippen LogP contribution in [-0.2, 0) is 15.1 Å². The number of amides is 2. The maximum Gasteiger partial charge on any atom is 0.430 e. The zero-order chi connectivity index (χ0) is 30.5. The second-order valence-electron chi connectivity index (χ2n) is 11.3. The molecule has 2 aromatic rings. The smallest absolute Gasteiger partial charge is 0.385 e. The fourth-order valence-electron chi connectivity index (χ4n) is 6.15.